The Kier molecular flexibility index (Phi) is 14.1. The fourth-order valence-corrected chi connectivity index (χ4v) is 2.27. The molecule has 1 aliphatic heterocycles. The molecule has 8 N–H and O–H groups in total. The summed E-state index contributed by atoms with van der Waals surface area (Å²) in [7, 11) is 0. The van der Waals surface area contributed by atoms with Gasteiger partial charge in [-0.15, -0.1) is 13.1 Å². The Morgan fingerprint density at radius 2 is 1.30 bits per heavy atom. The molecule has 0 atom stereocenters. The topological polar surface area (TPSA) is 194 Å². The number of hydrogen-bond donors (Lipinski definition) is 2. The van der Waals surface area contributed by atoms with E-state index in [-0.39, 0.29) is 50.3 Å². The number of hydrogen-bond acceptors (Lipinski definition) is 3. The van der Waals surface area contributed by atoms with Gasteiger partial charge in [0.15, 0.2) is 5.41 Å². The fourth-order valence-electron chi connectivity index (χ4n) is 2.27. The van der Waals surface area contributed by atoms with Crippen LogP contribution in [-0.4, -0.2) is 59.4 Å². The van der Waals surface area contributed by atoms with Crippen molar-refractivity contribution in [2.45, 2.75) is 32.1 Å². The Bertz CT molecular complexity index is 336. The fraction of sp³-hybridized carbons (Fsp3) is 0.846. The summed E-state index contributed by atoms with van der Waals surface area (Å²) in [5, 5.41) is 16.9. The molecular formula is C13H26N2O7Pt. The molecule has 2 rings (SSSR count). The second-order valence-electron chi connectivity index (χ2n) is 5.51. The third kappa shape index (κ3) is 6.44. The number of rotatable bonds is 4. The summed E-state index contributed by atoms with van der Waals surface area (Å²) in [6.07, 6.45) is 3.06. The first-order chi connectivity index (χ1) is 9.42. The number of carboxylic acids is 2. The standard InChI is InChI=1S/C7H14N2O.C6H8O4.2H2O.Pt/c8-5-7(6-9)1-3-10-4-2-7;7-4(8)6(5(9)10)2-1-3-6;;;/h8-9H,1-6H2;1-3H2,(H,7,8)(H,9,10);2*1H2;/q-2;;;;+2. The zero-order valence-corrected chi connectivity index (χ0v) is 15.1. The molecule has 0 amide bonds. The predicted molar refractivity (Wildman–Crippen MR) is 79.6 cm³/mol. The smallest absolute Gasteiger partial charge is 0.677 e. The number of ether oxygens (including phenoxy) is 1. The number of nitrogens with one attached hydrogen (secondary N) is 2. The molecule has 0 radical (unpaired) electrons. The molecule has 9 nitrogen and oxygen atoms in total. The quantitative estimate of drug-likeness (QED) is 0.513. The predicted octanol–water partition coefficient (Wildman–Crippen LogP) is 0.562. The molecule has 2 fully saturated rings. The molecular weight excluding hydrogens is 491 g/mol. The SMILES string of the molecule is O.O.O=C(O)C1(C(=O)O)CCC1.[NH-]CC1(C[NH-])CCOCC1.[Pt+2]. The van der Waals surface area contributed by atoms with Crippen LogP contribution in [0.15, 0.2) is 0 Å². The van der Waals surface area contributed by atoms with Crippen LogP contribution in [0.3, 0.4) is 0 Å². The Balaban J connectivity index is -0.000000308. The van der Waals surface area contributed by atoms with Gasteiger partial charge < -0.3 is 37.4 Å². The number of carbonyl (C=O) groups is 2. The van der Waals surface area contributed by atoms with Crippen LogP contribution in [0.2, 0.25) is 0 Å². The van der Waals surface area contributed by atoms with Gasteiger partial charge in [0, 0.05) is 13.2 Å². The van der Waals surface area contributed by atoms with Gasteiger partial charge in [0.2, 0.25) is 0 Å². The molecule has 0 aromatic heterocycles. The average molecular weight is 517 g/mol. The molecule has 23 heavy (non-hydrogen) atoms. The molecule has 140 valence electrons. The molecule has 2 aliphatic rings. The molecule has 0 spiro atoms. The maximum atomic E-state index is 10.4. The van der Waals surface area contributed by atoms with Gasteiger partial charge in [-0.1, -0.05) is 5.41 Å². The molecule has 0 bridgehead atoms. The van der Waals surface area contributed by atoms with Gasteiger partial charge in [-0.2, -0.15) is 0 Å². The molecule has 10 heteroatoms. The van der Waals surface area contributed by atoms with Crippen molar-refractivity contribution in [1.82, 2.24) is 0 Å². The maximum absolute atomic E-state index is 10.4. The largest absolute Gasteiger partial charge is 2.00 e. The summed E-state index contributed by atoms with van der Waals surface area (Å²) in [5.41, 5.74) is 13.1. The molecule has 0 aromatic carbocycles. The monoisotopic (exact) mass is 517 g/mol. The molecule has 1 heterocycles. The number of aliphatic carboxylic acids is 2. The van der Waals surface area contributed by atoms with E-state index in [0.717, 1.165) is 26.1 Å². The first kappa shape index (κ1) is 27.3. The van der Waals surface area contributed by atoms with E-state index in [9.17, 15) is 9.59 Å². The van der Waals surface area contributed by atoms with Crippen molar-refractivity contribution in [3.8, 4) is 0 Å². The molecule has 0 aromatic rings. The molecule has 1 saturated carbocycles. The molecule has 0 unspecified atom stereocenters. The number of carboxylic acid groups (broad SMARTS) is 2. The zero-order valence-electron chi connectivity index (χ0n) is 12.8. The second kappa shape index (κ2) is 11.9. The molecule has 1 saturated heterocycles. The van der Waals surface area contributed by atoms with E-state index in [1.807, 2.05) is 0 Å². The van der Waals surface area contributed by atoms with Gasteiger partial charge in [-0.05, 0) is 32.1 Å². The van der Waals surface area contributed by atoms with Crippen LogP contribution in [0.4, 0.5) is 0 Å². The third-order valence-electron chi connectivity index (χ3n) is 4.33. The van der Waals surface area contributed by atoms with E-state index in [1.165, 1.54) is 0 Å². The third-order valence-corrected chi connectivity index (χ3v) is 4.33. The van der Waals surface area contributed by atoms with Crippen molar-refractivity contribution in [2.75, 3.05) is 26.3 Å². The minimum absolute atomic E-state index is 0. The minimum atomic E-state index is -1.44. The molecule has 1 aliphatic carbocycles. The zero-order chi connectivity index (χ0) is 15.2. The van der Waals surface area contributed by atoms with Crippen LogP contribution in [0.25, 0.3) is 11.5 Å². The first-order valence-corrected chi connectivity index (χ1v) is 6.76. The van der Waals surface area contributed by atoms with E-state index in [0.29, 0.717) is 19.5 Å². The second-order valence-corrected chi connectivity index (χ2v) is 5.51. The van der Waals surface area contributed by atoms with E-state index >= 15 is 0 Å². The summed E-state index contributed by atoms with van der Waals surface area (Å²) in [6.45, 7) is 2.27. The van der Waals surface area contributed by atoms with Crippen molar-refractivity contribution < 1.29 is 56.6 Å². The van der Waals surface area contributed by atoms with Crippen LogP contribution < -0.4 is 0 Å². The van der Waals surface area contributed by atoms with Crippen LogP contribution >= 0.6 is 0 Å². The van der Waals surface area contributed by atoms with Gasteiger partial charge in [0.05, 0.1) is 0 Å². The minimum Gasteiger partial charge on any atom is -0.677 e. The van der Waals surface area contributed by atoms with E-state index in [1.54, 1.807) is 0 Å². The van der Waals surface area contributed by atoms with Crippen LogP contribution in [0.5, 0.6) is 0 Å². The van der Waals surface area contributed by atoms with Gasteiger partial charge >= 0.3 is 33.0 Å². The van der Waals surface area contributed by atoms with Crippen molar-refractivity contribution in [3.63, 3.8) is 0 Å². The first-order valence-electron chi connectivity index (χ1n) is 6.76. The van der Waals surface area contributed by atoms with Crippen molar-refractivity contribution >= 4 is 11.9 Å². The van der Waals surface area contributed by atoms with Crippen molar-refractivity contribution in [2.24, 2.45) is 10.8 Å². The van der Waals surface area contributed by atoms with Crippen LogP contribution in [0, 0.1) is 10.8 Å². The van der Waals surface area contributed by atoms with Gasteiger partial charge in [-0.3, -0.25) is 9.59 Å². The van der Waals surface area contributed by atoms with Gasteiger partial charge in [-0.25, -0.2) is 0 Å². The van der Waals surface area contributed by atoms with Crippen molar-refractivity contribution in [3.05, 3.63) is 11.5 Å². The van der Waals surface area contributed by atoms with E-state index in [4.69, 9.17) is 26.4 Å². The Morgan fingerprint density at radius 1 is 0.913 bits per heavy atom. The summed E-state index contributed by atoms with van der Waals surface area (Å²) in [5.74, 6) is -2.41. The Hall–Kier alpha value is -0.572. The van der Waals surface area contributed by atoms with E-state index < -0.39 is 17.4 Å². The maximum Gasteiger partial charge on any atom is 2.00 e. The van der Waals surface area contributed by atoms with Crippen molar-refractivity contribution in [1.29, 1.82) is 0 Å². The van der Waals surface area contributed by atoms with Crippen LogP contribution in [-0.2, 0) is 35.4 Å². The normalized spacial score (nSPS) is 19.9. The Labute approximate surface area is 149 Å². The summed E-state index contributed by atoms with van der Waals surface area (Å²) in [4.78, 5) is 20.7. The summed E-state index contributed by atoms with van der Waals surface area (Å²) < 4.78 is 5.16. The van der Waals surface area contributed by atoms with Gasteiger partial charge in [0.25, 0.3) is 0 Å². The summed E-state index contributed by atoms with van der Waals surface area (Å²) >= 11 is 0. The average Bonchev–Trinajstić information content (AvgIpc) is 2.38. The van der Waals surface area contributed by atoms with E-state index in [2.05, 4.69) is 0 Å². The van der Waals surface area contributed by atoms with Gasteiger partial charge in [0.1, 0.15) is 0 Å². The Morgan fingerprint density at radius 3 is 1.43 bits per heavy atom. The van der Waals surface area contributed by atoms with Crippen LogP contribution in [0.1, 0.15) is 32.1 Å². The summed E-state index contributed by atoms with van der Waals surface area (Å²) in [6, 6.07) is 0.